The van der Waals surface area contributed by atoms with Crippen molar-refractivity contribution in [2.24, 2.45) is 0 Å². The van der Waals surface area contributed by atoms with E-state index in [-0.39, 0.29) is 0 Å². The summed E-state index contributed by atoms with van der Waals surface area (Å²) in [6.07, 6.45) is 0. The molecule has 0 fully saturated rings. The van der Waals surface area contributed by atoms with Gasteiger partial charge in [-0.15, -0.1) is 0 Å². The molecule has 0 radical (unpaired) electrons. The molecule has 1 aliphatic rings. The van der Waals surface area contributed by atoms with Gasteiger partial charge in [-0.1, -0.05) is 6.58 Å². The highest BCUT2D eigenvalue weighted by Crippen LogP contribution is 2.38. The van der Waals surface area contributed by atoms with E-state index in [0.717, 1.165) is 29.3 Å². The molecule has 0 N–H and O–H groups in total. The van der Waals surface area contributed by atoms with Gasteiger partial charge < -0.3 is 23.8 Å². The van der Waals surface area contributed by atoms with Gasteiger partial charge >= 0.3 is 0 Å². The first kappa shape index (κ1) is 15.7. The number of rotatable bonds is 8. The second-order valence-corrected chi connectivity index (χ2v) is 4.94. The summed E-state index contributed by atoms with van der Waals surface area (Å²) in [6.45, 7) is 7.00. The van der Waals surface area contributed by atoms with Crippen molar-refractivity contribution in [3.05, 3.63) is 29.8 Å². The first-order chi connectivity index (χ1) is 10.2. The van der Waals surface area contributed by atoms with Crippen LogP contribution in [-0.2, 0) is 16.0 Å². The van der Waals surface area contributed by atoms with Crippen molar-refractivity contribution in [1.29, 1.82) is 0 Å². The highest BCUT2D eigenvalue weighted by atomic mass is 16.5. The summed E-state index contributed by atoms with van der Waals surface area (Å²) >= 11 is 0. The third-order valence-electron chi connectivity index (χ3n) is 3.44. The molecule has 21 heavy (non-hydrogen) atoms. The standard InChI is InChI=1S/C16H23NO4/c1-12-14-10-16(21-8-6-19-4)15(20-7-5-18-3)9-13(14)11-17(12)2/h9-10H,1,5-8,11H2,2-4H3. The van der Waals surface area contributed by atoms with Gasteiger partial charge in [0.2, 0.25) is 0 Å². The number of ether oxygens (including phenoxy) is 4. The van der Waals surface area contributed by atoms with E-state index in [1.165, 1.54) is 5.56 Å². The lowest BCUT2D eigenvalue weighted by Gasteiger charge is -2.14. The Labute approximate surface area is 126 Å². The zero-order valence-electron chi connectivity index (χ0n) is 13.0. The van der Waals surface area contributed by atoms with Crippen molar-refractivity contribution in [1.82, 2.24) is 4.90 Å². The topological polar surface area (TPSA) is 40.2 Å². The lowest BCUT2D eigenvalue weighted by Crippen LogP contribution is -2.09. The van der Waals surface area contributed by atoms with Gasteiger partial charge in [0.1, 0.15) is 13.2 Å². The quantitative estimate of drug-likeness (QED) is 0.687. The maximum absolute atomic E-state index is 5.77. The van der Waals surface area contributed by atoms with E-state index in [2.05, 4.69) is 11.5 Å². The maximum Gasteiger partial charge on any atom is 0.161 e. The van der Waals surface area contributed by atoms with Gasteiger partial charge in [0, 0.05) is 39.1 Å². The minimum absolute atomic E-state index is 0.484. The van der Waals surface area contributed by atoms with Crippen molar-refractivity contribution in [3.8, 4) is 11.5 Å². The second-order valence-electron chi connectivity index (χ2n) is 4.94. The van der Waals surface area contributed by atoms with Gasteiger partial charge in [-0.25, -0.2) is 0 Å². The Morgan fingerprint density at radius 2 is 1.57 bits per heavy atom. The van der Waals surface area contributed by atoms with Gasteiger partial charge in [-0.05, 0) is 17.7 Å². The SMILES string of the molecule is C=C1c2cc(OCCOC)c(OCCOC)cc2CN1C. The molecule has 5 nitrogen and oxygen atoms in total. The molecule has 5 heteroatoms. The summed E-state index contributed by atoms with van der Waals surface area (Å²) in [7, 11) is 5.33. The molecule has 0 aliphatic carbocycles. The molecule has 0 amide bonds. The molecule has 0 unspecified atom stereocenters. The molecule has 1 aliphatic heterocycles. The summed E-state index contributed by atoms with van der Waals surface area (Å²) in [4.78, 5) is 2.11. The van der Waals surface area contributed by atoms with E-state index in [9.17, 15) is 0 Å². The molecule has 0 saturated heterocycles. The molecule has 0 atom stereocenters. The number of fused-ring (bicyclic) bond motifs is 1. The summed E-state index contributed by atoms with van der Waals surface area (Å²) in [5, 5.41) is 0. The first-order valence-electron chi connectivity index (χ1n) is 6.98. The van der Waals surface area contributed by atoms with E-state index in [4.69, 9.17) is 18.9 Å². The van der Waals surface area contributed by atoms with Gasteiger partial charge in [-0.3, -0.25) is 0 Å². The van der Waals surface area contributed by atoms with Gasteiger partial charge in [-0.2, -0.15) is 0 Å². The fourth-order valence-corrected chi connectivity index (χ4v) is 2.25. The summed E-state index contributed by atoms with van der Waals surface area (Å²) < 4.78 is 21.6. The monoisotopic (exact) mass is 293 g/mol. The van der Waals surface area contributed by atoms with Crippen molar-refractivity contribution in [2.45, 2.75) is 6.54 Å². The molecule has 1 aromatic rings. The average Bonchev–Trinajstić information content (AvgIpc) is 2.74. The molecule has 0 spiro atoms. The first-order valence-corrected chi connectivity index (χ1v) is 6.98. The number of hydrogen-bond donors (Lipinski definition) is 0. The molecule has 0 saturated carbocycles. The van der Waals surface area contributed by atoms with Gasteiger partial charge in [0.05, 0.1) is 13.2 Å². The van der Waals surface area contributed by atoms with Crippen LogP contribution in [0.25, 0.3) is 5.70 Å². The van der Waals surface area contributed by atoms with Crippen LogP contribution in [0.3, 0.4) is 0 Å². The van der Waals surface area contributed by atoms with Crippen LogP contribution in [0.5, 0.6) is 11.5 Å². The maximum atomic E-state index is 5.77. The minimum Gasteiger partial charge on any atom is -0.487 e. The van der Waals surface area contributed by atoms with Crippen LogP contribution in [0.2, 0.25) is 0 Å². The number of nitrogens with zero attached hydrogens (tertiary/aromatic N) is 1. The predicted molar refractivity (Wildman–Crippen MR) is 81.7 cm³/mol. The summed E-state index contributed by atoms with van der Waals surface area (Å²) in [5.74, 6) is 1.46. The molecular formula is C16H23NO4. The fraction of sp³-hybridized carbons (Fsp3) is 0.500. The largest absolute Gasteiger partial charge is 0.487 e. The molecule has 116 valence electrons. The van der Waals surface area contributed by atoms with Crippen molar-refractivity contribution in [2.75, 3.05) is 47.7 Å². The lowest BCUT2D eigenvalue weighted by atomic mass is 10.1. The Hall–Kier alpha value is -1.72. The smallest absolute Gasteiger partial charge is 0.161 e. The minimum atomic E-state index is 0.484. The molecular weight excluding hydrogens is 270 g/mol. The van der Waals surface area contributed by atoms with Crippen LogP contribution in [0.4, 0.5) is 0 Å². The lowest BCUT2D eigenvalue weighted by molar-refractivity contribution is 0.132. The van der Waals surface area contributed by atoms with Crippen molar-refractivity contribution < 1.29 is 18.9 Å². The number of methoxy groups -OCH3 is 2. The van der Waals surface area contributed by atoms with Gasteiger partial charge in [0.15, 0.2) is 11.5 Å². The van der Waals surface area contributed by atoms with Crippen LogP contribution < -0.4 is 9.47 Å². The van der Waals surface area contributed by atoms with Crippen LogP contribution in [0, 0.1) is 0 Å². The highest BCUT2D eigenvalue weighted by molar-refractivity contribution is 5.71. The third kappa shape index (κ3) is 3.68. The molecule has 2 rings (SSSR count). The Kier molecular flexibility index (Phi) is 5.47. The molecule has 1 heterocycles. The molecule has 0 aromatic heterocycles. The zero-order chi connectivity index (χ0) is 15.2. The highest BCUT2D eigenvalue weighted by Gasteiger charge is 2.22. The van der Waals surface area contributed by atoms with E-state index < -0.39 is 0 Å². The normalized spacial score (nSPS) is 13.5. The van der Waals surface area contributed by atoms with Crippen molar-refractivity contribution in [3.63, 3.8) is 0 Å². The fourth-order valence-electron chi connectivity index (χ4n) is 2.25. The van der Waals surface area contributed by atoms with Gasteiger partial charge in [0.25, 0.3) is 0 Å². The molecule has 1 aromatic carbocycles. The zero-order valence-corrected chi connectivity index (χ0v) is 13.0. The Balaban J connectivity index is 2.20. The third-order valence-corrected chi connectivity index (χ3v) is 3.44. The summed E-state index contributed by atoms with van der Waals surface area (Å²) in [6, 6.07) is 4.03. The Bertz CT molecular complexity index is 501. The average molecular weight is 293 g/mol. The molecule has 0 bridgehead atoms. The Morgan fingerprint density at radius 1 is 1.00 bits per heavy atom. The van der Waals surface area contributed by atoms with Crippen LogP contribution in [0.15, 0.2) is 18.7 Å². The van der Waals surface area contributed by atoms with Crippen LogP contribution in [0.1, 0.15) is 11.1 Å². The number of benzene rings is 1. The van der Waals surface area contributed by atoms with E-state index in [0.29, 0.717) is 26.4 Å². The van der Waals surface area contributed by atoms with Crippen molar-refractivity contribution >= 4 is 5.70 Å². The Morgan fingerprint density at radius 3 is 2.14 bits per heavy atom. The van der Waals surface area contributed by atoms with E-state index >= 15 is 0 Å². The second kappa shape index (κ2) is 7.33. The van der Waals surface area contributed by atoms with E-state index in [1.54, 1.807) is 14.2 Å². The number of hydrogen-bond acceptors (Lipinski definition) is 5. The summed E-state index contributed by atoms with van der Waals surface area (Å²) in [5.41, 5.74) is 3.32. The van der Waals surface area contributed by atoms with Crippen LogP contribution >= 0.6 is 0 Å². The van der Waals surface area contributed by atoms with E-state index in [1.807, 2.05) is 19.2 Å². The van der Waals surface area contributed by atoms with Crippen LogP contribution in [-0.4, -0.2) is 52.6 Å². The predicted octanol–water partition coefficient (Wildman–Crippen LogP) is 2.15.